The zero-order valence-electron chi connectivity index (χ0n) is 22.2. The van der Waals surface area contributed by atoms with Gasteiger partial charge in [-0.15, -0.1) is 0 Å². The molecule has 1 aromatic heterocycles. The summed E-state index contributed by atoms with van der Waals surface area (Å²) in [7, 11) is 0. The molecule has 1 heterocycles. The molecule has 3 rings (SSSR count). The average Bonchev–Trinajstić information content (AvgIpc) is 3.34. The Hall–Kier alpha value is -4.75. The van der Waals surface area contributed by atoms with Crippen molar-refractivity contribution in [3.05, 3.63) is 71.9 Å². The highest BCUT2D eigenvalue weighted by Crippen LogP contribution is 2.19. The van der Waals surface area contributed by atoms with Gasteiger partial charge in [-0.3, -0.25) is 19.2 Å². The quantitative estimate of drug-likeness (QED) is 0.128. The Kier molecular flexibility index (Phi) is 10.6. The Bertz CT molecular complexity index is 1390. The number of carboxylic acids is 2. The minimum absolute atomic E-state index is 0.00937. The van der Waals surface area contributed by atoms with E-state index in [4.69, 9.17) is 10.8 Å². The Morgan fingerprint density at radius 3 is 1.98 bits per heavy atom. The van der Waals surface area contributed by atoms with E-state index >= 15 is 0 Å². The first-order chi connectivity index (χ1) is 19.5. The van der Waals surface area contributed by atoms with Crippen LogP contribution in [0.1, 0.15) is 24.5 Å². The summed E-state index contributed by atoms with van der Waals surface area (Å²) < 4.78 is 0. The number of aliphatic hydroxyl groups excluding tert-OH is 1. The molecule has 0 aliphatic rings. The number of hydrogen-bond acceptors (Lipinski definition) is 7. The number of carbonyl (C=O) groups is 5. The van der Waals surface area contributed by atoms with Crippen molar-refractivity contribution in [2.45, 2.75) is 56.5 Å². The van der Waals surface area contributed by atoms with E-state index in [1.165, 1.54) is 6.92 Å². The fourth-order valence-corrected chi connectivity index (χ4v) is 4.20. The van der Waals surface area contributed by atoms with Gasteiger partial charge in [0.15, 0.2) is 0 Å². The van der Waals surface area contributed by atoms with Crippen LogP contribution in [0, 0.1) is 0 Å². The summed E-state index contributed by atoms with van der Waals surface area (Å²) in [6.45, 7) is 1.33. The number of carboxylic acid groups (broad SMARTS) is 2. The molecular formula is C28H33N5O8. The number of rotatable bonds is 14. The second-order valence-electron chi connectivity index (χ2n) is 9.64. The monoisotopic (exact) mass is 567 g/mol. The van der Waals surface area contributed by atoms with E-state index in [0.717, 1.165) is 10.9 Å². The Morgan fingerprint density at radius 1 is 0.805 bits per heavy atom. The van der Waals surface area contributed by atoms with Crippen LogP contribution in [0.15, 0.2) is 60.8 Å². The molecule has 3 amide bonds. The molecule has 218 valence electrons. The normalized spacial score (nSPS) is 14.7. The van der Waals surface area contributed by atoms with E-state index < -0.39 is 66.4 Å². The minimum atomic E-state index is -1.74. The third-order valence-electron chi connectivity index (χ3n) is 6.46. The number of fused-ring (bicyclic) bond motifs is 1. The molecule has 0 aliphatic heterocycles. The van der Waals surface area contributed by atoms with E-state index in [2.05, 4.69) is 20.9 Å². The maximum atomic E-state index is 13.6. The molecular weight excluding hydrogens is 534 g/mol. The highest BCUT2D eigenvalue weighted by atomic mass is 16.4. The second-order valence-corrected chi connectivity index (χ2v) is 9.64. The molecule has 0 fully saturated rings. The number of hydrogen-bond donors (Lipinski definition) is 8. The zero-order chi connectivity index (χ0) is 30.1. The molecule has 5 atom stereocenters. The summed E-state index contributed by atoms with van der Waals surface area (Å²) in [5.74, 6) is -5.48. The largest absolute Gasteiger partial charge is 0.481 e. The predicted molar refractivity (Wildman–Crippen MR) is 147 cm³/mol. The maximum absolute atomic E-state index is 13.6. The maximum Gasteiger partial charge on any atom is 0.326 e. The van der Waals surface area contributed by atoms with Crippen molar-refractivity contribution in [2.24, 2.45) is 5.73 Å². The lowest BCUT2D eigenvalue weighted by atomic mass is 10.0. The predicted octanol–water partition coefficient (Wildman–Crippen LogP) is -0.325. The van der Waals surface area contributed by atoms with E-state index in [-0.39, 0.29) is 12.8 Å². The summed E-state index contributed by atoms with van der Waals surface area (Å²) in [5, 5.41) is 36.3. The van der Waals surface area contributed by atoms with Gasteiger partial charge in [-0.2, -0.15) is 0 Å². The number of benzene rings is 2. The summed E-state index contributed by atoms with van der Waals surface area (Å²) in [5.41, 5.74) is 7.89. The van der Waals surface area contributed by atoms with Crippen LogP contribution in [0.25, 0.3) is 10.9 Å². The number of H-pyrrole nitrogens is 1. The minimum Gasteiger partial charge on any atom is -0.481 e. The molecule has 0 bridgehead atoms. The number of carbonyl (C=O) groups excluding carboxylic acids is 3. The van der Waals surface area contributed by atoms with E-state index in [9.17, 15) is 34.2 Å². The molecule has 0 aliphatic carbocycles. The SMILES string of the molecule is CC(O)C(N)C(=O)NC(Cc1c[nH]c2ccccc12)C(=O)NC(Cc1ccccc1)C(=O)NC(CC(=O)O)C(=O)O. The number of aliphatic carboxylic acids is 2. The standard InChI is InChI=1S/C28H33N5O8/c1-15(34)24(29)27(39)32-21(12-17-14-30-19-10-6-5-9-18(17)19)26(38)31-20(11-16-7-3-2-4-8-16)25(37)33-22(28(40)41)13-23(35)36/h2-10,14-15,20-22,24,30,34H,11-13,29H2,1H3,(H,31,38)(H,32,39)(H,33,37)(H,35,36)(H,40,41). The molecule has 5 unspecified atom stereocenters. The average molecular weight is 568 g/mol. The zero-order valence-corrected chi connectivity index (χ0v) is 22.2. The molecule has 13 heteroatoms. The number of aromatic nitrogens is 1. The van der Waals surface area contributed by atoms with Gasteiger partial charge in [0.05, 0.1) is 12.5 Å². The number of nitrogens with two attached hydrogens (primary N) is 1. The van der Waals surface area contributed by atoms with Crippen molar-refractivity contribution in [1.29, 1.82) is 0 Å². The molecule has 9 N–H and O–H groups in total. The molecule has 0 saturated heterocycles. The van der Waals surface area contributed by atoms with Crippen LogP contribution in [0.2, 0.25) is 0 Å². The summed E-state index contributed by atoms with van der Waals surface area (Å²) >= 11 is 0. The molecule has 2 aromatic carbocycles. The lowest BCUT2D eigenvalue weighted by Crippen LogP contribution is -2.59. The van der Waals surface area contributed by atoms with Crippen LogP contribution >= 0.6 is 0 Å². The van der Waals surface area contributed by atoms with Crippen LogP contribution in [-0.2, 0) is 36.8 Å². The highest BCUT2D eigenvalue weighted by Gasteiger charge is 2.32. The Labute approximate surface area is 235 Å². The summed E-state index contributed by atoms with van der Waals surface area (Å²) in [6.07, 6.45) is -0.457. The highest BCUT2D eigenvalue weighted by molar-refractivity contribution is 5.95. The lowest BCUT2D eigenvalue weighted by molar-refractivity contribution is -0.147. The van der Waals surface area contributed by atoms with Gasteiger partial charge < -0.3 is 42.0 Å². The smallest absolute Gasteiger partial charge is 0.326 e. The van der Waals surface area contributed by atoms with Crippen LogP contribution in [0.5, 0.6) is 0 Å². The lowest BCUT2D eigenvalue weighted by Gasteiger charge is -2.25. The fraction of sp³-hybridized carbons (Fsp3) is 0.321. The van der Waals surface area contributed by atoms with Crippen molar-refractivity contribution in [3.63, 3.8) is 0 Å². The van der Waals surface area contributed by atoms with Gasteiger partial charge in [0, 0.05) is 29.9 Å². The van der Waals surface area contributed by atoms with Gasteiger partial charge in [-0.05, 0) is 24.1 Å². The fourth-order valence-electron chi connectivity index (χ4n) is 4.20. The third-order valence-corrected chi connectivity index (χ3v) is 6.46. The van der Waals surface area contributed by atoms with Crippen LogP contribution in [0.4, 0.5) is 0 Å². The first-order valence-corrected chi connectivity index (χ1v) is 12.8. The molecule has 0 saturated carbocycles. The molecule has 0 spiro atoms. The summed E-state index contributed by atoms with van der Waals surface area (Å²) in [4.78, 5) is 65.3. The molecule has 0 radical (unpaired) electrons. The molecule has 41 heavy (non-hydrogen) atoms. The van der Waals surface area contributed by atoms with Crippen molar-refractivity contribution >= 4 is 40.6 Å². The summed E-state index contributed by atoms with van der Waals surface area (Å²) in [6, 6.07) is 10.3. The Balaban J connectivity index is 1.90. The van der Waals surface area contributed by atoms with Crippen molar-refractivity contribution < 1.29 is 39.3 Å². The van der Waals surface area contributed by atoms with Crippen LogP contribution in [-0.4, -0.2) is 80.2 Å². The third kappa shape index (κ3) is 8.62. The number of nitrogens with one attached hydrogen (secondary N) is 4. The first kappa shape index (κ1) is 30.8. The van der Waals surface area contributed by atoms with Gasteiger partial charge in [0.25, 0.3) is 0 Å². The Morgan fingerprint density at radius 2 is 1.37 bits per heavy atom. The van der Waals surface area contributed by atoms with Crippen LogP contribution < -0.4 is 21.7 Å². The number of aromatic amines is 1. The van der Waals surface area contributed by atoms with Crippen LogP contribution in [0.3, 0.4) is 0 Å². The van der Waals surface area contributed by atoms with Crippen molar-refractivity contribution in [1.82, 2.24) is 20.9 Å². The van der Waals surface area contributed by atoms with Gasteiger partial charge in [-0.1, -0.05) is 48.5 Å². The van der Waals surface area contributed by atoms with Gasteiger partial charge in [0.1, 0.15) is 24.2 Å². The van der Waals surface area contributed by atoms with E-state index in [0.29, 0.717) is 11.1 Å². The topological polar surface area (TPSA) is 224 Å². The van der Waals surface area contributed by atoms with Gasteiger partial charge in [-0.25, -0.2) is 4.79 Å². The molecule has 13 nitrogen and oxygen atoms in total. The molecule has 3 aromatic rings. The van der Waals surface area contributed by atoms with E-state index in [1.54, 1.807) is 36.5 Å². The number of aliphatic hydroxyl groups is 1. The van der Waals surface area contributed by atoms with Crippen molar-refractivity contribution in [3.8, 4) is 0 Å². The number of para-hydroxylation sites is 1. The van der Waals surface area contributed by atoms with Gasteiger partial charge >= 0.3 is 11.9 Å². The van der Waals surface area contributed by atoms with E-state index in [1.807, 2.05) is 24.3 Å². The van der Waals surface area contributed by atoms with Gasteiger partial charge in [0.2, 0.25) is 17.7 Å². The second kappa shape index (κ2) is 14.1. The first-order valence-electron chi connectivity index (χ1n) is 12.8. The van der Waals surface area contributed by atoms with Crippen molar-refractivity contribution in [2.75, 3.05) is 0 Å². The number of amides is 3.